The summed E-state index contributed by atoms with van der Waals surface area (Å²) in [6.07, 6.45) is 1.07. The molecule has 1 N–H and O–H groups in total. The van der Waals surface area contributed by atoms with E-state index < -0.39 is 22.0 Å². The van der Waals surface area contributed by atoms with Crippen LogP contribution in [-0.2, 0) is 14.8 Å². The van der Waals surface area contributed by atoms with Crippen LogP contribution in [0, 0.1) is 20.8 Å². The van der Waals surface area contributed by atoms with Crippen molar-refractivity contribution >= 4 is 21.7 Å². The predicted molar refractivity (Wildman–Crippen MR) is 99.3 cm³/mol. The highest BCUT2D eigenvalue weighted by atomic mass is 32.2. The molecule has 1 aliphatic heterocycles. The summed E-state index contributed by atoms with van der Waals surface area (Å²) in [6.45, 7) is 5.46. The number of aromatic nitrogens is 1. The normalized spacial score (nSPS) is 17.9. The summed E-state index contributed by atoms with van der Waals surface area (Å²) in [5.74, 6) is 1.03. The number of anilines is 1. The molecule has 1 amide bonds. The van der Waals surface area contributed by atoms with E-state index in [9.17, 15) is 13.2 Å². The number of carbonyl (C=O) groups excluding carboxylic acids is 1. The quantitative estimate of drug-likeness (QED) is 0.837. The van der Waals surface area contributed by atoms with E-state index in [4.69, 9.17) is 9.26 Å². The summed E-state index contributed by atoms with van der Waals surface area (Å²) >= 11 is 0. The predicted octanol–water partition coefficient (Wildman–Crippen LogP) is 2.40. The van der Waals surface area contributed by atoms with Crippen molar-refractivity contribution < 1.29 is 22.5 Å². The number of benzene rings is 1. The summed E-state index contributed by atoms with van der Waals surface area (Å²) in [5, 5.41) is 6.37. The van der Waals surface area contributed by atoms with Crippen molar-refractivity contribution in [1.82, 2.24) is 9.46 Å². The zero-order valence-corrected chi connectivity index (χ0v) is 16.6. The highest BCUT2D eigenvalue weighted by Gasteiger charge is 2.40. The van der Waals surface area contributed by atoms with E-state index in [1.54, 1.807) is 39.0 Å². The molecular weight excluding hydrogens is 370 g/mol. The van der Waals surface area contributed by atoms with Gasteiger partial charge >= 0.3 is 0 Å². The third-order valence-corrected chi connectivity index (χ3v) is 6.84. The number of aryl methyl sites for hydroxylation is 3. The number of hydrogen-bond donors (Lipinski definition) is 1. The Kier molecular flexibility index (Phi) is 5.25. The lowest BCUT2D eigenvalue weighted by Gasteiger charge is -2.25. The van der Waals surface area contributed by atoms with Crippen molar-refractivity contribution in [3.63, 3.8) is 0 Å². The molecule has 27 heavy (non-hydrogen) atoms. The van der Waals surface area contributed by atoms with Crippen molar-refractivity contribution in [3.05, 3.63) is 35.1 Å². The van der Waals surface area contributed by atoms with Crippen LogP contribution < -0.4 is 10.1 Å². The van der Waals surface area contributed by atoms with Crippen LogP contribution in [-0.4, -0.2) is 43.5 Å². The minimum absolute atomic E-state index is 0.222. The van der Waals surface area contributed by atoms with Crippen LogP contribution in [0.25, 0.3) is 0 Å². The monoisotopic (exact) mass is 393 g/mol. The Bertz CT molecular complexity index is 944. The Balaban J connectivity index is 1.90. The van der Waals surface area contributed by atoms with Gasteiger partial charge in [0.2, 0.25) is 15.9 Å². The molecule has 1 fully saturated rings. The summed E-state index contributed by atoms with van der Waals surface area (Å²) in [5.41, 5.74) is 1.18. The first kappa shape index (κ1) is 19.4. The maximum atomic E-state index is 13.3. The molecule has 0 spiro atoms. The van der Waals surface area contributed by atoms with Crippen molar-refractivity contribution in [2.24, 2.45) is 0 Å². The highest BCUT2D eigenvalue weighted by molar-refractivity contribution is 7.89. The summed E-state index contributed by atoms with van der Waals surface area (Å²) < 4.78 is 38.1. The second-order valence-electron chi connectivity index (χ2n) is 6.68. The topological polar surface area (TPSA) is 102 Å². The van der Waals surface area contributed by atoms with Gasteiger partial charge < -0.3 is 14.6 Å². The van der Waals surface area contributed by atoms with E-state index in [0.29, 0.717) is 42.0 Å². The summed E-state index contributed by atoms with van der Waals surface area (Å²) in [6, 6.07) is 4.17. The van der Waals surface area contributed by atoms with E-state index >= 15 is 0 Å². The number of rotatable bonds is 5. The molecule has 0 bridgehead atoms. The van der Waals surface area contributed by atoms with E-state index in [1.165, 1.54) is 11.4 Å². The molecule has 1 atom stereocenters. The maximum Gasteiger partial charge on any atom is 0.244 e. The Morgan fingerprint density at radius 2 is 1.93 bits per heavy atom. The van der Waals surface area contributed by atoms with E-state index in [-0.39, 0.29) is 10.7 Å². The van der Waals surface area contributed by atoms with Crippen LogP contribution in [0.2, 0.25) is 0 Å². The highest BCUT2D eigenvalue weighted by Crippen LogP contribution is 2.32. The number of sulfonamides is 1. The molecule has 9 heteroatoms. The van der Waals surface area contributed by atoms with Crippen molar-refractivity contribution in [2.75, 3.05) is 19.0 Å². The lowest BCUT2D eigenvalue weighted by molar-refractivity contribution is -0.119. The van der Waals surface area contributed by atoms with Crippen LogP contribution in [0.4, 0.5) is 5.82 Å². The molecule has 146 valence electrons. The van der Waals surface area contributed by atoms with E-state index in [0.717, 1.165) is 0 Å². The number of nitrogens with zero attached hydrogens (tertiary/aromatic N) is 2. The fourth-order valence-corrected chi connectivity index (χ4v) is 5.55. The molecule has 1 aliphatic rings. The Hall–Kier alpha value is -2.39. The maximum absolute atomic E-state index is 13.3. The number of ether oxygens (including phenoxy) is 1. The minimum atomic E-state index is -3.83. The molecule has 2 heterocycles. The Labute approximate surface area is 158 Å². The third-order valence-electron chi connectivity index (χ3n) is 4.62. The fraction of sp³-hybridized carbons (Fsp3) is 0.444. The van der Waals surface area contributed by atoms with Crippen LogP contribution in [0.5, 0.6) is 5.75 Å². The van der Waals surface area contributed by atoms with E-state index in [1.807, 2.05) is 0 Å². The van der Waals surface area contributed by atoms with Gasteiger partial charge in [0.25, 0.3) is 0 Å². The molecule has 1 saturated heterocycles. The number of methoxy groups -OCH3 is 1. The van der Waals surface area contributed by atoms with Crippen LogP contribution in [0.3, 0.4) is 0 Å². The molecule has 0 radical (unpaired) electrons. The largest absolute Gasteiger partial charge is 0.497 e. The third kappa shape index (κ3) is 3.70. The first-order valence-corrected chi connectivity index (χ1v) is 10.1. The van der Waals surface area contributed by atoms with Gasteiger partial charge in [-0.15, -0.1) is 0 Å². The van der Waals surface area contributed by atoms with Crippen molar-refractivity contribution in [2.45, 2.75) is 44.6 Å². The zero-order chi connectivity index (χ0) is 19.8. The molecule has 3 rings (SSSR count). The van der Waals surface area contributed by atoms with Gasteiger partial charge in [-0.2, -0.15) is 4.31 Å². The molecule has 1 aromatic heterocycles. The molecular formula is C18H23N3O5S. The molecule has 1 aromatic carbocycles. The van der Waals surface area contributed by atoms with Gasteiger partial charge in [-0.25, -0.2) is 8.42 Å². The molecule has 0 unspecified atom stereocenters. The number of hydrogen-bond acceptors (Lipinski definition) is 6. The molecule has 8 nitrogen and oxygen atoms in total. The fourth-order valence-electron chi connectivity index (χ4n) is 3.48. The van der Waals surface area contributed by atoms with Gasteiger partial charge in [-0.05, 0) is 56.9 Å². The second kappa shape index (κ2) is 7.32. The number of amides is 1. The van der Waals surface area contributed by atoms with Crippen LogP contribution in [0.15, 0.2) is 27.6 Å². The first-order valence-electron chi connectivity index (χ1n) is 8.65. The zero-order valence-electron chi connectivity index (χ0n) is 15.8. The Morgan fingerprint density at radius 3 is 2.48 bits per heavy atom. The van der Waals surface area contributed by atoms with Gasteiger partial charge in [0.15, 0.2) is 5.82 Å². The van der Waals surface area contributed by atoms with Crippen LogP contribution in [0.1, 0.15) is 29.7 Å². The molecule has 2 aromatic rings. The van der Waals surface area contributed by atoms with Crippen molar-refractivity contribution in [3.8, 4) is 5.75 Å². The molecule has 0 aliphatic carbocycles. The van der Waals surface area contributed by atoms with Gasteiger partial charge in [-0.3, -0.25) is 4.79 Å². The molecule has 0 saturated carbocycles. The second-order valence-corrected chi connectivity index (χ2v) is 8.50. The van der Waals surface area contributed by atoms with Gasteiger partial charge in [0.05, 0.1) is 12.0 Å². The summed E-state index contributed by atoms with van der Waals surface area (Å²) in [4.78, 5) is 12.9. The van der Waals surface area contributed by atoms with Gasteiger partial charge in [0, 0.05) is 12.6 Å². The van der Waals surface area contributed by atoms with Crippen molar-refractivity contribution in [1.29, 1.82) is 0 Å². The SMILES string of the molecule is COc1cc(C)c(S(=O)(=O)N2CCC[C@@H]2C(=O)Nc2cc(C)on2)c(C)c1. The first-order chi connectivity index (χ1) is 12.7. The number of nitrogens with one attached hydrogen (secondary N) is 1. The average molecular weight is 393 g/mol. The summed E-state index contributed by atoms with van der Waals surface area (Å²) in [7, 11) is -2.30. The average Bonchev–Trinajstić information content (AvgIpc) is 3.23. The van der Waals surface area contributed by atoms with Crippen LogP contribution >= 0.6 is 0 Å². The smallest absolute Gasteiger partial charge is 0.244 e. The van der Waals surface area contributed by atoms with Gasteiger partial charge in [-0.1, -0.05) is 5.16 Å². The minimum Gasteiger partial charge on any atom is -0.497 e. The number of carbonyl (C=O) groups is 1. The van der Waals surface area contributed by atoms with E-state index in [2.05, 4.69) is 10.5 Å². The lowest BCUT2D eigenvalue weighted by atomic mass is 10.1. The lowest BCUT2D eigenvalue weighted by Crippen LogP contribution is -2.43. The standard InChI is InChI=1S/C18H23N3O5S/c1-11-8-14(25-4)9-12(2)17(11)27(23,24)21-7-5-6-15(21)18(22)19-16-10-13(3)26-20-16/h8-10,15H,5-7H2,1-4H3,(H,19,20,22)/t15-/m1/s1. The Morgan fingerprint density at radius 1 is 1.26 bits per heavy atom. The van der Waals surface area contributed by atoms with Gasteiger partial charge in [0.1, 0.15) is 17.6 Å².